The summed E-state index contributed by atoms with van der Waals surface area (Å²) in [5.74, 6) is 2.47. The smallest absolute Gasteiger partial charge is 0.127 e. The molecule has 19 heavy (non-hydrogen) atoms. The normalized spacial score (nSPS) is 12.2. The Bertz CT molecular complexity index is 508. The SMILES string of the molecule is COc1ccc(C(N)CCc2ccco2)c(OC)c1. The number of rotatable bonds is 6. The van der Waals surface area contributed by atoms with Gasteiger partial charge in [-0.05, 0) is 24.6 Å². The van der Waals surface area contributed by atoms with Crippen LogP contribution in [0.25, 0.3) is 0 Å². The summed E-state index contributed by atoms with van der Waals surface area (Å²) in [7, 11) is 3.27. The Balaban J connectivity index is 2.07. The van der Waals surface area contributed by atoms with E-state index in [9.17, 15) is 0 Å². The first-order valence-corrected chi connectivity index (χ1v) is 6.24. The molecule has 0 aliphatic rings. The summed E-state index contributed by atoms with van der Waals surface area (Å²) in [6.07, 6.45) is 3.29. The predicted octanol–water partition coefficient (Wildman–Crippen LogP) is 2.93. The van der Waals surface area contributed by atoms with Crippen molar-refractivity contribution in [2.24, 2.45) is 5.73 Å². The van der Waals surface area contributed by atoms with E-state index in [-0.39, 0.29) is 6.04 Å². The number of ether oxygens (including phenoxy) is 2. The minimum absolute atomic E-state index is 0.0917. The van der Waals surface area contributed by atoms with Gasteiger partial charge in [0.05, 0.1) is 20.5 Å². The molecule has 1 aromatic heterocycles. The molecular weight excluding hydrogens is 242 g/mol. The van der Waals surface area contributed by atoms with Gasteiger partial charge in [0, 0.05) is 24.1 Å². The van der Waals surface area contributed by atoms with Gasteiger partial charge in [-0.3, -0.25) is 0 Å². The zero-order chi connectivity index (χ0) is 13.7. The number of nitrogens with two attached hydrogens (primary N) is 1. The number of benzene rings is 1. The van der Waals surface area contributed by atoms with E-state index in [4.69, 9.17) is 19.6 Å². The van der Waals surface area contributed by atoms with Crippen LogP contribution in [0.4, 0.5) is 0 Å². The first-order chi connectivity index (χ1) is 9.24. The van der Waals surface area contributed by atoms with Crippen molar-refractivity contribution in [1.82, 2.24) is 0 Å². The summed E-state index contributed by atoms with van der Waals surface area (Å²) in [4.78, 5) is 0. The minimum Gasteiger partial charge on any atom is -0.497 e. The van der Waals surface area contributed by atoms with Gasteiger partial charge >= 0.3 is 0 Å². The van der Waals surface area contributed by atoms with Crippen molar-refractivity contribution >= 4 is 0 Å². The lowest BCUT2D eigenvalue weighted by Crippen LogP contribution is -2.12. The zero-order valence-electron chi connectivity index (χ0n) is 11.3. The highest BCUT2D eigenvalue weighted by Gasteiger charge is 2.13. The second kappa shape index (κ2) is 6.29. The highest BCUT2D eigenvalue weighted by atomic mass is 16.5. The highest BCUT2D eigenvalue weighted by Crippen LogP contribution is 2.30. The number of hydrogen-bond acceptors (Lipinski definition) is 4. The van der Waals surface area contributed by atoms with E-state index in [0.717, 1.165) is 35.7 Å². The molecule has 0 bridgehead atoms. The molecule has 4 nitrogen and oxygen atoms in total. The molecule has 0 saturated carbocycles. The lowest BCUT2D eigenvalue weighted by Gasteiger charge is -2.16. The van der Waals surface area contributed by atoms with Gasteiger partial charge in [-0.25, -0.2) is 0 Å². The van der Waals surface area contributed by atoms with Crippen molar-refractivity contribution in [3.05, 3.63) is 47.9 Å². The molecule has 2 aromatic rings. The van der Waals surface area contributed by atoms with Crippen molar-refractivity contribution in [1.29, 1.82) is 0 Å². The molecule has 0 fully saturated rings. The summed E-state index contributed by atoms with van der Waals surface area (Å²) in [6, 6.07) is 9.44. The van der Waals surface area contributed by atoms with Crippen molar-refractivity contribution in [2.45, 2.75) is 18.9 Å². The van der Waals surface area contributed by atoms with Crippen LogP contribution in [0.2, 0.25) is 0 Å². The maximum atomic E-state index is 6.22. The van der Waals surface area contributed by atoms with Crippen LogP contribution in [-0.2, 0) is 6.42 Å². The minimum atomic E-state index is -0.0917. The fraction of sp³-hybridized carbons (Fsp3) is 0.333. The molecule has 0 amide bonds. The van der Waals surface area contributed by atoms with Crippen molar-refractivity contribution in [3.8, 4) is 11.5 Å². The van der Waals surface area contributed by atoms with Crippen LogP contribution in [0.3, 0.4) is 0 Å². The van der Waals surface area contributed by atoms with Crippen LogP contribution in [-0.4, -0.2) is 14.2 Å². The van der Waals surface area contributed by atoms with E-state index in [1.807, 2.05) is 30.3 Å². The maximum absolute atomic E-state index is 6.22. The van der Waals surface area contributed by atoms with E-state index in [0.29, 0.717) is 0 Å². The van der Waals surface area contributed by atoms with E-state index < -0.39 is 0 Å². The fourth-order valence-electron chi connectivity index (χ4n) is 2.03. The Morgan fingerprint density at radius 1 is 1.21 bits per heavy atom. The van der Waals surface area contributed by atoms with Gasteiger partial charge < -0.3 is 19.6 Å². The van der Waals surface area contributed by atoms with Crippen molar-refractivity contribution in [2.75, 3.05) is 14.2 Å². The molecule has 0 saturated heterocycles. The number of methoxy groups -OCH3 is 2. The number of hydrogen-bond donors (Lipinski definition) is 1. The molecule has 1 atom stereocenters. The van der Waals surface area contributed by atoms with Gasteiger partial charge in [0.25, 0.3) is 0 Å². The predicted molar refractivity (Wildman–Crippen MR) is 73.5 cm³/mol. The van der Waals surface area contributed by atoms with E-state index >= 15 is 0 Å². The van der Waals surface area contributed by atoms with Gasteiger partial charge in [-0.1, -0.05) is 6.07 Å². The molecule has 1 unspecified atom stereocenters. The Kier molecular flexibility index (Phi) is 4.47. The molecule has 1 heterocycles. The topological polar surface area (TPSA) is 57.6 Å². The molecule has 4 heteroatoms. The van der Waals surface area contributed by atoms with Crippen LogP contribution >= 0.6 is 0 Å². The molecule has 0 spiro atoms. The second-order valence-electron chi connectivity index (χ2n) is 4.33. The van der Waals surface area contributed by atoms with E-state index in [2.05, 4.69) is 0 Å². The Morgan fingerprint density at radius 2 is 2.05 bits per heavy atom. The molecule has 0 radical (unpaired) electrons. The van der Waals surface area contributed by atoms with E-state index in [1.165, 1.54) is 0 Å². The van der Waals surface area contributed by atoms with Crippen LogP contribution in [0.15, 0.2) is 41.0 Å². The number of aryl methyl sites for hydroxylation is 1. The average Bonchev–Trinajstić information content (AvgIpc) is 2.97. The quantitative estimate of drug-likeness (QED) is 0.868. The molecule has 0 aliphatic carbocycles. The third-order valence-corrected chi connectivity index (χ3v) is 3.12. The van der Waals surface area contributed by atoms with Crippen molar-refractivity contribution in [3.63, 3.8) is 0 Å². The monoisotopic (exact) mass is 261 g/mol. The average molecular weight is 261 g/mol. The summed E-state index contributed by atoms with van der Waals surface area (Å²) in [6.45, 7) is 0. The van der Waals surface area contributed by atoms with Crippen molar-refractivity contribution < 1.29 is 13.9 Å². The van der Waals surface area contributed by atoms with E-state index in [1.54, 1.807) is 20.5 Å². The van der Waals surface area contributed by atoms with Crippen LogP contribution in [0, 0.1) is 0 Å². The highest BCUT2D eigenvalue weighted by molar-refractivity contribution is 5.42. The first-order valence-electron chi connectivity index (χ1n) is 6.24. The standard InChI is InChI=1S/C15H19NO3/c1-17-12-5-7-13(15(10-12)18-2)14(16)8-6-11-4-3-9-19-11/h3-5,7,9-10,14H,6,8,16H2,1-2H3. The summed E-state index contributed by atoms with van der Waals surface area (Å²) >= 11 is 0. The van der Waals surface area contributed by atoms with Gasteiger partial charge in [-0.15, -0.1) is 0 Å². The Morgan fingerprint density at radius 3 is 2.68 bits per heavy atom. The molecular formula is C15H19NO3. The zero-order valence-corrected chi connectivity index (χ0v) is 11.3. The third-order valence-electron chi connectivity index (χ3n) is 3.12. The fourth-order valence-corrected chi connectivity index (χ4v) is 2.03. The van der Waals surface area contributed by atoms with Gasteiger partial charge in [-0.2, -0.15) is 0 Å². The summed E-state index contributed by atoms with van der Waals surface area (Å²) in [5.41, 5.74) is 7.20. The molecule has 2 N–H and O–H groups in total. The number of furan rings is 1. The van der Waals surface area contributed by atoms with Crippen LogP contribution in [0.5, 0.6) is 11.5 Å². The summed E-state index contributed by atoms with van der Waals surface area (Å²) < 4.78 is 15.8. The third kappa shape index (κ3) is 3.29. The van der Waals surface area contributed by atoms with Crippen LogP contribution < -0.4 is 15.2 Å². The first kappa shape index (κ1) is 13.5. The van der Waals surface area contributed by atoms with Gasteiger partial charge in [0.15, 0.2) is 0 Å². The largest absolute Gasteiger partial charge is 0.497 e. The van der Waals surface area contributed by atoms with Crippen LogP contribution in [0.1, 0.15) is 23.8 Å². The molecule has 1 aromatic carbocycles. The maximum Gasteiger partial charge on any atom is 0.127 e. The van der Waals surface area contributed by atoms with Gasteiger partial charge in [0.2, 0.25) is 0 Å². The molecule has 2 rings (SSSR count). The Labute approximate surface area is 113 Å². The molecule has 0 aliphatic heterocycles. The Hall–Kier alpha value is -1.94. The lowest BCUT2D eigenvalue weighted by atomic mass is 10.0. The van der Waals surface area contributed by atoms with Gasteiger partial charge in [0.1, 0.15) is 17.3 Å². The lowest BCUT2D eigenvalue weighted by molar-refractivity contribution is 0.386. The summed E-state index contributed by atoms with van der Waals surface area (Å²) in [5, 5.41) is 0. The second-order valence-corrected chi connectivity index (χ2v) is 4.33. The molecule has 102 valence electrons.